The molecule has 0 bridgehead atoms. The summed E-state index contributed by atoms with van der Waals surface area (Å²) in [5.41, 5.74) is 7.01. The van der Waals surface area contributed by atoms with E-state index in [2.05, 4.69) is 0 Å². The molecule has 112 valence electrons. The fraction of sp³-hybridized carbons (Fsp3) is 0.562. The Balaban J connectivity index is 2.90. The quantitative estimate of drug-likeness (QED) is 0.742. The first kappa shape index (κ1) is 16.5. The van der Waals surface area contributed by atoms with Crippen LogP contribution in [-0.2, 0) is 9.53 Å². The van der Waals surface area contributed by atoms with Crippen molar-refractivity contribution < 1.29 is 14.3 Å². The Morgan fingerprint density at radius 3 is 2.55 bits per heavy atom. The van der Waals surface area contributed by atoms with Crippen molar-refractivity contribution in [3.8, 4) is 5.75 Å². The highest BCUT2D eigenvalue weighted by atomic mass is 16.6. The summed E-state index contributed by atoms with van der Waals surface area (Å²) < 4.78 is 10.9. The van der Waals surface area contributed by atoms with Gasteiger partial charge in [0.25, 0.3) is 0 Å². The van der Waals surface area contributed by atoms with Gasteiger partial charge in [-0.05, 0) is 25.8 Å². The third-order valence-electron chi connectivity index (χ3n) is 3.13. The minimum atomic E-state index is -0.565. The predicted molar refractivity (Wildman–Crippen MR) is 79.6 cm³/mol. The molecule has 0 aliphatic rings. The zero-order chi connectivity index (χ0) is 15.0. The summed E-state index contributed by atoms with van der Waals surface area (Å²) in [5.74, 6) is 0.363. The summed E-state index contributed by atoms with van der Waals surface area (Å²) in [6.45, 7) is 6.19. The lowest BCUT2D eigenvalue weighted by Gasteiger charge is -2.21. The van der Waals surface area contributed by atoms with Gasteiger partial charge in [-0.1, -0.05) is 38.5 Å². The van der Waals surface area contributed by atoms with Crippen molar-refractivity contribution in [2.45, 2.75) is 52.2 Å². The Labute approximate surface area is 121 Å². The fourth-order valence-electron chi connectivity index (χ4n) is 1.99. The maximum Gasteiger partial charge on any atom is 0.347 e. The molecular formula is C16H25NO3. The minimum absolute atomic E-state index is 0.0873. The van der Waals surface area contributed by atoms with E-state index in [9.17, 15) is 4.79 Å². The largest absolute Gasteiger partial charge is 0.478 e. The van der Waals surface area contributed by atoms with Crippen molar-refractivity contribution in [1.82, 2.24) is 0 Å². The number of benzene rings is 1. The number of hydrogen-bond donors (Lipinski definition) is 1. The van der Waals surface area contributed by atoms with Crippen LogP contribution in [0.25, 0.3) is 0 Å². The first-order chi connectivity index (χ1) is 9.63. The van der Waals surface area contributed by atoms with E-state index in [1.165, 1.54) is 0 Å². The van der Waals surface area contributed by atoms with Crippen LogP contribution < -0.4 is 10.5 Å². The normalized spacial score (nSPS) is 13.6. The number of rotatable bonds is 8. The fourth-order valence-corrected chi connectivity index (χ4v) is 1.99. The second kappa shape index (κ2) is 8.59. The molecule has 0 spiro atoms. The van der Waals surface area contributed by atoms with E-state index >= 15 is 0 Å². The van der Waals surface area contributed by atoms with E-state index in [0.29, 0.717) is 18.8 Å². The summed E-state index contributed by atoms with van der Waals surface area (Å²) in [6, 6.07) is 7.52. The summed E-state index contributed by atoms with van der Waals surface area (Å²) >= 11 is 0. The molecule has 0 amide bonds. The number of carbonyl (C=O) groups excluding carboxylic acids is 1. The van der Waals surface area contributed by atoms with Crippen molar-refractivity contribution in [3.05, 3.63) is 29.8 Å². The first-order valence-corrected chi connectivity index (χ1v) is 7.31. The molecule has 1 rings (SSSR count). The van der Waals surface area contributed by atoms with Gasteiger partial charge in [-0.3, -0.25) is 0 Å². The van der Waals surface area contributed by atoms with E-state index in [0.717, 1.165) is 18.4 Å². The monoisotopic (exact) mass is 279 g/mol. The summed E-state index contributed by atoms with van der Waals surface area (Å²) in [4.78, 5) is 11.9. The summed E-state index contributed by atoms with van der Waals surface area (Å²) in [6.07, 6.45) is 1.74. The zero-order valence-electron chi connectivity index (χ0n) is 12.6. The van der Waals surface area contributed by atoms with E-state index in [1.807, 2.05) is 38.1 Å². The average Bonchev–Trinajstić information content (AvgIpc) is 2.46. The molecule has 1 aromatic carbocycles. The van der Waals surface area contributed by atoms with Gasteiger partial charge < -0.3 is 15.2 Å². The van der Waals surface area contributed by atoms with Gasteiger partial charge >= 0.3 is 5.97 Å². The second-order valence-electron chi connectivity index (χ2n) is 4.70. The van der Waals surface area contributed by atoms with Crippen molar-refractivity contribution in [3.63, 3.8) is 0 Å². The van der Waals surface area contributed by atoms with Gasteiger partial charge in [0.05, 0.1) is 6.61 Å². The molecule has 0 aliphatic carbocycles. The molecule has 4 nitrogen and oxygen atoms in total. The molecule has 0 aliphatic heterocycles. The molecule has 0 aromatic heterocycles. The molecule has 0 saturated heterocycles. The Kier molecular flexibility index (Phi) is 7.09. The lowest BCUT2D eigenvalue weighted by molar-refractivity contribution is -0.151. The number of hydrogen-bond acceptors (Lipinski definition) is 4. The van der Waals surface area contributed by atoms with Gasteiger partial charge in [-0.25, -0.2) is 4.79 Å². The van der Waals surface area contributed by atoms with Crippen molar-refractivity contribution >= 4 is 5.97 Å². The lowest BCUT2D eigenvalue weighted by atomic mass is 10.0. The molecule has 2 atom stereocenters. The number of esters is 1. The highest BCUT2D eigenvalue weighted by Gasteiger charge is 2.22. The molecule has 0 saturated carbocycles. The highest BCUT2D eigenvalue weighted by Crippen LogP contribution is 2.27. The topological polar surface area (TPSA) is 61.5 Å². The lowest BCUT2D eigenvalue weighted by Crippen LogP contribution is -2.30. The number of nitrogens with two attached hydrogens (primary N) is 1. The van der Waals surface area contributed by atoms with Crippen LogP contribution in [0.1, 0.15) is 51.6 Å². The van der Waals surface area contributed by atoms with Crippen LogP contribution in [0.15, 0.2) is 24.3 Å². The van der Waals surface area contributed by atoms with E-state index in [4.69, 9.17) is 15.2 Å². The van der Waals surface area contributed by atoms with Crippen molar-refractivity contribution in [2.75, 3.05) is 6.61 Å². The first-order valence-electron chi connectivity index (χ1n) is 7.31. The molecule has 4 heteroatoms. The standard InChI is InChI=1S/C16H25NO3/c1-4-9-15(16(18)19-6-3)20-14-11-8-7-10-12(14)13(17)5-2/h7-8,10-11,13,15H,4-6,9,17H2,1-3H3/t13-,15?/m0/s1. The van der Waals surface area contributed by atoms with Crippen LogP contribution in [0, 0.1) is 0 Å². The van der Waals surface area contributed by atoms with Gasteiger partial charge in [0.15, 0.2) is 6.10 Å². The molecule has 1 aromatic rings. The summed E-state index contributed by atoms with van der Waals surface area (Å²) in [5, 5.41) is 0. The van der Waals surface area contributed by atoms with Crippen molar-refractivity contribution in [2.24, 2.45) is 5.73 Å². The van der Waals surface area contributed by atoms with Gasteiger partial charge in [0.2, 0.25) is 0 Å². The molecule has 2 N–H and O–H groups in total. The Hall–Kier alpha value is -1.55. The molecule has 1 unspecified atom stereocenters. The third-order valence-corrected chi connectivity index (χ3v) is 3.13. The van der Waals surface area contributed by atoms with Crippen LogP contribution in [0.4, 0.5) is 0 Å². The molecule has 0 fully saturated rings. The highest BCUT2D eigenvalue weighted by molar-refractivity contribution is 5.75. The summed E-state index contributed by atoms with van der Waals surface area (Å²) in [7, 11) is 0. The van der Waals surface area contributed by atoms with Crippen molar-refractivity contribution in [1.29, 1.82) is 0 Å². The van der Waals surface area contributed by atoms with Gasteiger partial charge in [-0.15, -0.1) is 0 Å². The van der Waals surface area contributed by atoms with Crippen LogP contribution in [0.3, 0.4) is 0 Å². The SMILES string of the molecule is CCCC(Oc1ccccc1[C@@H](N)CC)C(=O)OCC. The van der Waals surface area contributed by atoms with Crippen LogP contribution in [0.5, 0.6) is 5.75 Å². The van der Waals surface area contributed by atoms with E-state index < -0.39 is 6.10 Å². The number of carbonyl (C=O) groups is 1. The number of para-hydroxylation sites is 1. The van der Waals surface area contributed by atoms with Crippen LogP contribution in [0.2, 0.25) is 0 Å². The predicted octanol–water partition coefficient (Wildman–Crippen LogP) is 3.21. The number of ether oxygens (including phenoxy) is 2. The van der Waals surface area contributed by atoms with Crippen LogP contribution in [-0.4, -0.2) is 18.7 Å². The third kappa shape index (κ3) is 4.53. The Morgan fingerprint density at radius 2 is 1.95 bits per heavy atom. The minimum Gasteiger partial charge on any atom is -0.478 e. The molecule has 0 heterocycles. The smallest absolute Gasteiger partial charge is 0.347 e. The Morgan fingerprint density at radius 1 is 1.25 bits per heavy atom. The second-order valence-corrected chi connectivity index (χ2v) is 4.70. The average molecular weight is 279 g/mol. The van der Waals surface area contributed by atoms with Crippen LogP contribution >= 0.6 is 0 Å². The zero-order valence-corrected chi connectivity index (χ0v) is 12.6. The molecular weight excluding hydrogens is 254 g/mol. The van der Waals surface area contributed by atoms with Gasteiger partial charge in [0.1, 0.15) is 5.75 Å². The van der Waals surface area contributed by atoms with Gasteiger partial charge in [0, 0.05) is 11.6 Å². The maximum absolute atomic E-state index is 11.9. The maximum atomic E-state index is 11.9. The van der Waals surface area contributed by atoms with E-state index in [-0.39, 0.29) is 12.0 Å². The Bertz CT molecular complexity index is 420. The molecule has 0 radical (unpaired) electrons. The van der Waals surface area contributed by atoms with Gasteiger partial charge in [-0.2, -0.15) is 0 Å². The van der Waals surface area contributed by atoms with E-state index in [1.54, 1.807) is 6.92 Å². The molecule has 20 heavy (non-hydrogen) atoms.